The Morgan fingerprint density at radius 3 is 2.90 bits per heavy atom. The van der Waals surface area contributed by atoms with Crippen LogP contribution in [0.4, 0.5) is 11.5 Å². The molecule has 6 nitrogen and oxygen atoms in total. The van der Waals surface area contributed by atoms with E-state index in [1.54, 1.807) is 31.0 Å². The van der Waals surface area contributed by atoms with Gasteiger partial charge in [-0.25, -0.2) is 4.79 Å². The van der Waals surface area contributed by atoms with E-state index in [1.165, 1.54) is 0 Å². The number of anilines is 2. The molecule has 110 valence electrons. The van der Waals surface area contributed by atoms with Crippen molar-refractivity contribution in [3.05, 3.63) is 41.6 Å². The van der Waals surface area contributed by atoms with E-state index >= 15 is 0 Å². The molecule has 1 aliphatic rings. The third kappa shape index (κ3) is 2.97. The van der Waals surface area contributed by atoms with Gasteiger partial charge in [-0.05, 0) is 38.1 Å². The summed E-state index contributed by atoms with van der Waals surface area (Å²) < 4.78 is 6.82. The van der Waals surface area contributed by atoms with E-state index < -0.39 is 0 Å². The van der Waals surface area contributed by atoms with Crippen LogP contribution in [0.3, 0.4) is 0 Å². The lowest BCUT2D eigenvalue weighted by molar-refractivity contribution is 0.0526. The summed E-state index contributed by atoms with van der Waals surface area (Å²) >= 11 is 1.56. The van der Waals surface area contributed by atoms with Gasteiger partial charge in [0.25, 0.3) is 0 Å². The van der Waals surface area contributed by atoms with Crippen LogP contribution in [-0.4, -0.2) is 27.3 Å². The first-order valence-electron chi connectivity index (χ1n) is 6.70. The Bertz CT molecular complexity index is 630. The third-order valence-corrected chi connectivity index (χ3v) is 3.90. The Hall–Kier alpha value is -2.15. The van der Waals surface area contributed by atoms with Crippen LogP contribution >= 0.6 is 11.9 Å². The van der Waals surface area contributed by atoms with E-state index in [0.717, 1.165) is 17.2 Å². The average molecular weight is 304 g/mol. The van der Waals surface area contributed by atoms with Crippen molar-refractivity contribution >= 4 is 29.4 Å². The van der Waals surface area contributed by atoms with Crippen LogP contribution in [0.5, 0.6) is 0 Å². The number of aromatic nitrogens is 2. The van der Waals surface area contributed by atoms with Crippen molar-refractivity contribution in [3.8, 4) is 0 Å². The molecule has 1 aromatic carbocycles. The predicted octanol–water partition coefficient (Wildman–Crippen LogP) is 2.69. The quantitative estimate of drug-likeness (QED) is 0.847. The fourth-order valence-corrected chi connectivity index (χ4v) is 3.00. The second-order valence-corrected chi connectivity index (χ2v) is 5.64. The van der Waals surface area contributed by atoms with Gasteiger partial charge in [0.1, 0.15) is 5.82 Å². The van der Waals surface area contributed by atoms with Gasteiger partial charge in [0.15, 0.2) is 5.50 Å². The number of aryl methyl sites for hydroxylation is 1. The molecule has 0 radical (unpaired) electrons. The SMILES string of the molecule is CCOC(=O)c1ccc(N[C@@H]2Nc3cc(C)nn3S2)cc1. The molecular weight excluding hydrogens is 288 g/mol. The van der Waals surface area contributed by atoms with Gasteiger partial charge in [-0.3, -0.25) is 0 Å². The summed E-state index contributed by atoms with van der Waals surface area (Å²) in [5, 5.41) is 11.0. The number of hydrogen-bond donors (Lipinski definition) is 2. The van der Waals surface area contributed by atoms with Gasteiger partial charge < -0.3 is 15.4 Å². The van der Waals surface area contributed by atoms with Crippen molar-refractivity contribution in [2.45, 2.75) is 19.3 Å². The van der Waals surface area contributed by atoms with Crippen LogP contribution in [0, 0.1) is 6.92 Å². The first-order valence-corrected chi connectivity index (χ1v) is 7.53. The van der Waals surface area contributed by atoms with E-state index in [2.05, 4.69) is 15.7 Å². The summed E-state index contributed by atoms with van der Waals surface area (Å²) in [7, 11) is 0. The molecule has 1 atom stereocenters. The maximum Gasteiger partial charge on any atom is 0.338 e. The molecule has 1 aromatic heterocycles. The Morgan fingerprint density at radius 2 is 2.24 bits per heavy atom. The lowest BCUT2D eigenvalue weighted by atomic mass is 10.2. The van der Waals surface area contributed by atoms with Crippen molar-refractivity contribution in [2.75, 3.05) is 17.2 Å². The van der Waals surface area contributed by atoms with Crippen molar-refractivity contribution in [1.29, 1.82) is 0 Å². The molecule has 0 fully saturated rings. The zero-order valence-electron chi connectivity index (χ0n) is 11.8. The van der Waals surface area contributed by atoms with Gasteiger partial charge in [0.2, 0.25) is 0 Å². The fourth-order valence-electron chi connectivity index (χ4n) is 2.05. The second kappa shape index (κ2) is 5.69. The van der Waals surface area contributed by atoms with Gasteiger partial charge in [-0.1, -0.05) is 0 Å². The van der Waals surface area contributed by atoms with Crippen LogP contribution in [-0.2, 0) is 4.74 Å². The Balaban J connectivity index is 1.61. The molecule has 7 heteroatoms. The van der Waals surface area contributed by atoms with Crippen LogP contribution in [0.2, 0.25) is 0 Å². The molecule has 1 aliphatic heterocycles. The average Bonchev–Trinajstić information content (AvgIpc) is 2.96. The summed E-state index contributed by atoms with van der Waals surface area (Å²) in [5.41, 5.74) is 2.48. The summed E-state index contributed by atoms with van der Waals surface area (Å²) in [6.07, 6.45) is 0. The van der Waals surface area contributed by atoms with Crippen LogP contribution in [0.25, 0.3) is 0 Å². The predicted molar refractivity (Wildman–Crippen MR) is 83.4 cm³/mol. The highest BCUT2D eigenvalue weighted by Gasteiger charge is 2.22. The number of esters is 1. The number of ether oxygens (including phenoxy) is 1. The maximum absolute atomic E-state index is 11.6. The molecule has 0 unspecified atom stereocenters. The Morgan fingerprint density at radius 1 is 1.48 bits per heavy atom. The number of carbonyl (C=O) groups is 1. The highest BCUT2D eigenvalue weighted by atomic mass is 32.2. The molecule has 0 amide bonds. The Labute approximate surface area is 127 Å². The van der Waals surface area contributed by atoms with Crippen LogP contribution < -0.4 is 10.6 Å². The molecule has 2 N–H and O–H groups in total. The van der Waals surface area contributed by atoms with Gasteiger partial charge in [-0.15, -0.1) is 0 Å². The monoisotopic (exact) mass is 304 g/mol. The van der Waals surface area contributed by atoms with Gasteiger partial charge in [0.05, 0.1) is 17.9 Å². The first kappa shape index (κ1) is 13.8. The molecule has 0 spiro atoms. The highest BCUT2D eigenvalue weighted by molar-refractivity contribution is 7.98. The van der Waals surface area contributed by atoms with E-state index in [9.17, 15) is 4.79 Å². The smallest absolute Gasteiger partial charge is 0.338 e. The minimum absolute atomic E-state index is 0.0153. The number of nitrogens with one attached hydrogen (secondary N) is 2. The number of carbonyl (C=O) groups excluding carboxylic acids is 1. The number of fused-ring (bicyclic) bond motifs is 1. The van der Waals surface area contributed by atoms with E-state index in [1.807, 2.05) is 29.2 Å². The number of rotatable bonds is 4. The molecule has 3 rings (SSSR count). The number of nitrogens with zero attached hydrogens (tertiary/aromatic N) is 2. The molecule has 2 aromatic rings. The lowest BCUT2D eigenvalue weighted by Gasteiger charge is -2.13. The molecule has 0 saturated heterocycles. The highest BCUT2D eigenvalue weighted by Crippen LogP contribution is 2.30. The maximum atomic E-state index is 11.6. The largest absolute Gasteiger partial charge is 0.462 e. The second-order valence-electron chi connectivity index (χ2n) is 4.62. The third-order valence-electron chi connectivity index (χ3n) is 2.98. The van der Waals surface area contributed by atoms with Gasteiger partial charge in [-0.2, -0.15) is 9.19 Å². The number of hydrogen-bond acceptors (Lipinski definition) is 6. The standard InChI is InChI=1S/C14H16N4O2S/c1-3-20-13(19)10-4-6-11(7-5-10)15-14-16-12-8-9(2)17-18(12)21-14/h4-8,14-16H,3H2,1-2H3/t14-/m1/s1. The zero-order valence-corrected chi connectivity index (χ0v) is 12.6. The molecular formula is C14H16N4O2S. The minimum Gasteiger partial charge on any atom is -0.462 e. The van der Waals surface area contributed by atoms with Crippen molar-refractivity contribution in [1.82, 2.24) is 9.19 Å². The lowest BCUT2D eigenvalue weighted by Crippen LogP contribution is -2.21. The molecule has 2 heterocycles. The van der Waals surface area contributed by atoms with Crippen LogP contribution in [0.15, 0.2) is 30.3 Å². The van der Waals surface area contributed by atoms with E-state index in [4.69, 9.17) is 4.74 Å². The summed E-state index contributed by atoms with van der Waals surface area (Å²) in [4.78, 5) is 11.6. The molecule has 21 heavy (non-hydrogen) atoms. The van der Waals surface area contributed by atoms with Gasteiger partial charge >= 0.3 is 5.97 Å². The summed E-state index contributed by atoms with van der Waals surface area (Å²) in [5.74, 6) is 0.686. The topological polar surface area (TPSA) is 68.2 Å². The van der Waals surface area contributed by atoms with Crippen molar-refractivity contribution in [2.24, 2.45) is 0 Å². The Kier molecular flexibility index (Phi) is 3.74. The fraction of sp³-hybridized carbons (Fsp3) is 0.286. The molecule has 0 bridgehead atoms. The zero-order chi connectivity index (χ0) is 14.8. The summed E-state index contributed by atoms with van der Waals surface area (Å²) in [6, 6.07) is 9.23. The number of benzene rings is 1. The van der Waals surface area contributed by atoms with Crippen LogP contribution in [0.1, 0.15) is 23.0 Å². The summed E-state index contributed by atoms with van der Waals surface area (Å²) in [6.45, 7) is 4.14. The van der Waals surface area contributed by atoms with Gasteiger partial charge in [0, 0.05) is 23.7 Å². The van der Waals surface area contributed by atoms with E-state index in [-0.39, 0.29) is 11.5 Å². The molecule has 0 aliphatic carbocycles. The normalized spacial score (nSPS) is 16.2. The first-order chi connectivity index (χ1) is 10.2. The van der Waals surface area contributed by atoms with Crippen molar-refractivity contribution in [3.63, 3.8) is 0 Å². The minimum atomic E-state index is -0.298. The molecule has 0 saturated carbocycles. The van der Waals surface area contributed by atoms with E-state index in [0.29, 0.717) is 12.2 Å². The van der Waals surface area contributed by atoms with Crippen molar-refractivity contribution < 1.29 is 9.53 Å².